The molecule has 2 fully saturated rings. The summed E-state index contributed by atoms with van der Waals surface area (Å²) in [6, 6.07) is 15.8. The number of fused-ring (bicyclic) bond motifs is 1. The third-order valence-electron chi connectivity index (χ3n) is 6.01. The first-order chi connectivity index (χ1) is 14.0. The van der Waals surface area contributed by atoms with Crippen LogP contribution in [0.2, 0.25) is 0 Å². The van der Waals surface area contributed by atoms with Gasteiger partial charge in [0.2, 0.25) is 0 Å². The van der Waals surface area contributed by atoms with Crippen LogP contribution in [0.3, 0.4) is 0 Å². The fourth-order valence-electron chi connectivity index (χ4n) is 4.03. The van der Waals surface area contributed by atoms with E-state index in [2.05, 4.69) is 17.6 Å². The third-order valence-corrected chi connectivity index (χ3v) is 6.01. The molecule has 1 saturated heterocycles. The molecule has 7 nitrogen and oxygen atoms in total. The second-order valence-electron chi connectivity index (χ2n) is 7.96. The number of carbonyl (C=O) groups excluding carboxylic acids is 2. The molecule has 2 aliphatic heterocycles. The summed E-state index contributed by atoms with van der Waals surface area (Å²) in [6.45, 7) is 2.71. The monoisotopic (exact) mass is 392 g/mol. The molecule has 0 spiro atoms. The maximum absolute atomic E-state index is 12.9. The van der Waals surface area contributed by atoms with Crippen molar-refractivity contribution in [1.29, 1.82) is 0 Å². The second kappa shape index (κ2) is 6.86. The Morgan fingerprint density at radius 2 is 1.55 bits per heavy atom. The van der Waals surface area contributed by atoms with Crippen molar-refractivity contribution in [2.45, 2.75) is 25.0 Å². The lowest BCUT2D eigenvalue weighted by Gasteiger charge is -2.35. The van der Waals surface area contributed by atoms with Gasteiger partial charge in [-0.3, -0.25) is 14.6 Å². The van der Waals surface area contributed by atoms with Crippen LogP contribution in [0, 0.1) is 0 Å². The van der Waals surface area contributed by atoms with Crippen LogP contribution in [-0.4, -0.2) is 58.5 Å². The SMILES string of the molecule is O=C(c1ccc(N2NCc3ccccc32)cc1)N1CCN(C(=O)C2(O)CC2)CC1. The number of piperazine rings is 1. The van der Waals surface area contributed by atoms with E-state index in [0.29, 0.717) is 44.6 Å². The molecule has 7 heteroatoms. The highest BCUT2D eigenvalue weighted by atomic mass is 16.3. The van der Waals surface area contributed by atoms with Crippen LogP contribution >= 0.6 is 0 Å². The highest BCUT2D eigenvalue weighted by Gasteiger charge is 2.50. The highest BCUT2D eigenvalue weighted by Crippen LogP contribution is 2.37. The van der Waals surface area contributed by atoms with Crippen molar-refractivity contribution in [2.24, 2.45) is 0 Å². The second-order valence-corrected chi connectivity index (χ2v) is 7.96. The van der Waals surface area contributed by atoms with Crippen molar-refractivity contribution in [3.63, 3.8) is 0 Å². The minimum atomic E-state index is -1.13. The van der Waals surface area contributed by atoms with E-state index >= 15 is 0 Å². The molecule has 29 heavy (non-hydrogen) atoms. The van der Waals surface area contributed by atoms with Gasteiger partial charge in [-0.2, -0.15) is 0 Å². The van der Waals surface area contributed by atoms with E-state index in [0.717, 1.165) is 17.9 Å². The number of carbonyl (C=O) groups is 2. The number of benzene rings is 2. The predicted molar refractivity (Wildman–Crippen MR) is 109 cm³/mol. The van der Waals surface area contributed by atoms with Gasteiger partial charge in [-0.15, -0.1) is 0 Å². The zero-order valence-corrected chi connectivity index (χ0v) is 16.2. The molecule has 3 aliphatic rings. The minimum Gasteiger partial charge on any atom is -0.380 e. The Hall–Kier alpha value is -2.90. The van der Waals surface area contributed by atoms with Crippen LogP contribution in [0.1, 0.15) is 28.8 Å². The summed E-state index contributed by atoms with van der Waals surface area (Å²) in [7, 11) is 0. The van der Waals surface area contributed by atoms with Gasteiger partial charge in [0.05, 0.1) is 11.4 Å². The Labute approximate surface area is 169 Å². The van der Waals surface area contributed by atoms with Gasteiger partial charge in [0.25, 0.3) is 11.8 Å². The number of anilines is 2. The molecular weight excluding hydrogens is 368 g/mol. The molecule has 0 aromatic heterocycles. The molecule has 0 bridgehead atoms. The molecule has 0 atom stereocenters. The normalized spacial score (nSPS) is 19.8. The zero-order chi connectivity index (χ0) is 20.0. The molecule has 0 unspecified atom stereocenters. The molecule has 2 amide bonds. The summed E-state index contributed by atoms with van der Waals surface area (Å²) >= 11 is 0. The number of amides is 2. The van der Waals surface area contributed by atoms with Crippen molar-refractivity contribution >= 4 is 23.2 Å². The molecule has 2 N–H and O–H groups in total. The van der Waals surface area contributed by atoms with Crippen molar-refractivity contribution in [3.8, 4) is 0 Å². The van der Waals surface area contributed by atoms with Gasteiger partial charge in [0.15, 0.2) is 0 Å². The average Bonchev–Trinajstić information content (AvgIpc) is 3.38. The molecule has 150 valence electrons. The molecule has 1 saturated carbocycles. The van der Waals surface area contributed by atoms with Gasteiger partial charge in [-0.1, -0.05) is 18.2 Å². The number of nitrogens with zero attached hydrogens (tertiary/aromatic N) is 3. The lowest BCUT2D eigenvalue weighted by atomic mass is 10.1. The van der Waals surface area contributed by atoms with Crippen molar-refractivity contribution in [2.75, 3.05) is 31.2 Å². The van der Waals surface area contributed by atoms with Gasteiger partial charge < -0.3 is 14.9 Å². The standard InChI is InChI=1S/C22H24N4O3/c27-20(24-11-13-25(14-12-24)21(28)22(29)9-10-22)16-5-7-18(8-6-16)26-19-4-2-1-3-17(19)15-23-26/h1-8,23,29H,9-15H2. The number of hydrogen-bond acceptors (Lipinski definition) is 5. The molecule has 2 aromatic rings. The summed E-state index contributed by atoms with van der Waals surface area (Å²) in [6.07, 6.45) is 1.10. The lowest BCUT2D eigenvalue weighted by Crippen LogP contribution is -2.53. The van der Waals surface area contributed by atoms with Gasteiger partial charge in [0, 0.05) is 38.3 Å². The summed E-state index contributed by atoms with van der Waals surface area (Å²) in [4.78, 5) is 28.6. The number of rotatable bonds is 3. The Balaban J connectivity index is 1.23. The summed E-state index contributed by atoms with van der Waals surface area (Å²) in [5, 5.41) is 12.0. The van der Waals surface area contributed by atoms with E-state index in [-0.39, 0.29) is 11.8 Å². The number of hydrazine groups is 1. The third kappa shape index (κ3) is 3.26. The van der Waals surface area contributed by atoms with E-state index in [4.69, 9.17) is 0 Å². The summed E-state index contributed by atoms with van der Waals surface area (Å²) < 4.78 is 0. The van der Waals surface area contributed by atoms with Crippen molar-refractivity contribution in [1.82, 2.24) is 15.2 Å². The van der Waals surface area contributed by atoms with Crippen molar-refractivity contribution < 1.29 is 14.7 Å². The topological polar surface area (TPSA) is 76.1 Å². The molecule has 2 heterocycles. The molecule has 0 radical (unpaired) electrons. The van der Waals surface area contributed by atoms with E-state index in [1.54, 1.807) is 9.80 Å². The predicted octanol–water partition coefficient (Wildman–Crippen LogP) is 1.65. The lowest BCUT2D eigenvalue weighted by molar-refractivity contribution is -0.143. The van der Waals surface area contributed by atoms with Crippen LogP contribution in [0.5, 0.6) is 0 Å². The van der Waals surface area contributed by atoms with Crippen LogP contribution in [0.25, 0.3) is 0 Å². The van der Waals surface area contributed by atoms with Gasteiger partial charge in [0.1, 0.15) is 5.60 Å². The Bertz CT molecular complexity index is 947. The summed E-state index contributed by atoms with van der Waals surface area (Å²) in [5.74, 6) is -0.212. The quantitative estimate of drug-likeness (QED) is 0.831. The molecule has 5 rings (SSSR count). The fourth-order valence-corrected chi connectivity index (χ4v) is 4.03. The largest absolute Gasteiger partial charge is 0.380 e. The first-order valence-corrected chi connectivity index (χ1v) is 10.1. The molecular formula is C22H24N4O3. The van der Waals surface area contributed by atoms with Crippen molar-refractivity contribution in [3.05, 3.63) is 59.7 Å². The number of hydrogen-bond donors (Lipinski definition) is 2. The maximum atomic E-state index is 12.9. The Kier molecular flexibility index (Phi) is 4.29. The summed E-state index contributed by atoms with van der Waals surface area (Å²) in [5.41, 5.74) is 6.23. The van der Waals surface area contributed by atoms with E-state index in [1.165, 1.54) is 5.56 Å². The van der Waals surface area contributed by atoms with E-state index in [9.17, 15) is 14.7 Å². The van der Waals surface area contributed by atoms with Crippen LogP contribution in [-0.2, 0) is 11.3 Å². The number of nitrogens with one attached hydrogen (secondary N) is 1. The average molecular weight is 392 g/mol. The fraction of sp³-hybridized carbons (Fsp3) is 0.364. The highest BCUT2D eigenvalue weighted by molar-refractivity contribution is 5.95. The van der Waals surface area contributed by atoms with Crippen LogP contribution in [0.4, 0.5) is 11.4 Å². The smallest absolute Gasteiger partial charge is 0.254 e. The molecule has 1 aliphatic carbocycles. The minimum absolute atomic E-state index is 0.0245. The number of aliphatic hydroxyl groups is 1. The van der Waals surface area contributed by atoms with Gasteiger partial charge >= 0.3 is 0 Å². The number of para-hydroxylation sites is 1. The maximum Gasteiger partial charge on any atom is 0.254 e. The van der Waals surface area contributed by atoms with E-state index < -0.39 is 5.60 Å². The van der Waals surface area contributed by atoms with E-state index in [1.807, 2.05) is 41.4 Å². The zero-order valence-electron chi connectivity index (χ0n) is 16.2. The first-order valence-electron chi connectivity index (χ1n) is 10.1. The Morgan fingerprint density at radius 1 is 0.897 bits per heavy atom. The van der Waals surface area contributed by atoms with Gasteiger partial charge in [-0.25, -0.2) is 5.43 Å². The molecule has 2 aromatic carbocycles. The van der Waals surface area contributed by atoms with Crippen LogP contribution < -0.4 is 10.4 Å². The Morgan fingerprint density at radius 3 is 2.24 bits per heavy atom. The van der Waals surface area contributed by atoms with Gasteiger partial charge in [-0.05, 0) is 48.7 Å². The van der Waals surface area contributed by atoms with Crippen LogP contribution in [0.15, 0.2) is 48.5 Å². The first kappa shape index (κ1) is 18.1.